The van der Waals surface area contributed by atoms with E-state index < -0.39 is 0 Å². The lowest BCUT2D eigenvalue weighted by atomic mass is 10.2. The Morgan fingerprint density at radius 2 is 1.71 bits per heavy atom. The smallest absolute Gasteiger partial charge is 0.269 e. The van der Waals surface area contributed by atoms with Gasteiger partial charge in [-0.05, 0) is 30.7 Å². The van der Waals surface area contributed by atoms with E-state index >= 15 is 0 Å². The first-order chi connectivity index (χ1) is 11.7. The van der Waals surface area contributed by atoms with Crippen molar-refractivity contribution in [1.29, 1.82) is 0 Å². The summed E-state index contributed by atoms with van der Waals surface area (Å²) >= 11 is 3.97. The molecule has 0 saturated carbocycles. The normalized spacial score (nSPS) is 9.42. The van der Waals surface area contributed by atoms with Crippen molar-refractivity contribution < 1.29 is 9.59 Å². The summed E-state index contributed by atoms with van der Waals surface area (Å²) in [5.41, 5.74) is 1.11. The van der Waals surface area contributed by atoms with E-state index in [0.717, 1.165) is 13.0 Å². The molecule has 0 unspecified atom stereocenters. The lowest BCUT2D eigenvalue weighted by Gasteiger charge is -2.01. The molecular formula is C17H22N4O2S. The summed E-state index contributed by atoms with van der Waals surface area (Å²) in [7, 11) is 0. The minimum Gasteiger partial charge on any atom is -0.352 e. The van der Waals surface area contributed by atoms with Crippen molar-refractivity contribution in [3.8, 4) is 0 Å². The van der Waals surface area contributed by atoms with Crippen LogP contribution in [0.5, 0.6) is 0 Å². The van der Waals surface area contributed by atoms with Crippen LogP contribution in [0.15, 0.2) is 48.9 Å². The first kappa shape index (κ1) is 19.6. The molecule has 0 spiro atoms. The fourth-order valence-corrected chi connectivity index (χ4v) is 1.71. The predicted molar refractivity (Wildman–Crippen MR) is 97.3 cm³/mol. The minimum atomic E-state index is -0.148. The van der Waals surface area contributed by atoms with Crippen molar-refractivity contribution in [3.05, 3.63) is 60.2 Å². The van der Waals surface area contributed by atoms with E-state index in [1.165, 1.54) is 0 Å². The molecule has 0 bridgehead atoms. The van der Waals surface area contributed by atoms with Gasteiger partial charge in [0.05, 0.1) is 0 Å². The van der Waals surface area contributed by atoms with Gasteiger partial charge in [0.25, 0.3) is 11.8 Å². The van der Waals surface area contributed by atoms with Gasteiger partial charge in [0.1, 0.15) is 5.69 Å². The highest BCUT2D eigenvalue weighted by atomic mass is 32.1. The predicted octanol–water partition coefficient (Wildman–Crippen LogP) is 1.96. The number of hydrogen-bond acceptors (Lipinski definition) is 5. The highest BCUT2D eigenvalue weighted by Gasteiger charge is 2.03. The SMILES string of the molecule is CCCNC(=O)c1ccncc1.O=C(NCCS)c1ccccn1. The van der Waals surface area contributed by atoms with Gasteiger partial charge in [0.15, 0.2) is 0 Å². The number of carbonyl (C=O) groups excluding carboxylic acids is 2. The third-order valence-electron chi connectivity index (χ3n) is 2.77. The van der Waals surface area contributed by atoms with Crippen LogP contribution in [0.1, 0.15) is 34.2 Å². The number of carbonyl (C=O) groups is 2. The molecule has 24 heavy (non-hydrogen) atoms. The molecule has 2 N–H and O–H groups in total. The quantitative estimate of drug-likeness (QED) is 0.698. The lowest BCUT2D eigenvalue weighted by molar-refractivity contribution is 0.0944. The molecule has 7 heteroatoms. The third-order valence-corrected chi connectivity index (χ3v) is 3.00. The van der Waals surface area contributed by atoms with E-state index in [2.05, 4.69) is 33.2 Å². The zero-order chi connectivity index (χ0) is 17.6. The summed E-state index contributed by atoms with van der Waals surface area (Å²) in [5, 5.41) is 5.45. The molecule has 0 saturated heterocycles. The van der Waals surface area contributed by atoms with Gasteiger partial charge < -0.3 is 10.6 Å². The molecule has 0 aliphatic carbocycles. The lowest BCUT2D eigenvalue weighted by Crippen LogP contribution is -2.25. The molecule has 0 aliphatic heterocycles. The Bertz CT molecular complexity index is 553. The van der Waals surface area contributed by atoms with Crippen molar-refractivity contribution >= 4 is 24.4 Å². The molecule has 128 valence electrons. The first-order valence-electron chi connectivity index (χ1n) is 7.67. The maximum Gasteiger partial charge on any atom is 0.269 e. The number of thiol groups is 1. The van der Waals surface area contributed by atoms with Crippen LogP contribution in [0.4, 0.5) is 0 Å². The second kappa shape index (κ2) is 12.1. The Labute approximate surface area is 147 Å². The van der Waals surface area contributed by atoms with E-state index in [1.54, 1.807) is 48.9 Å². The second-order valence-corrected chi connectivity index (χ2v) is 5.13. The van der Waals surface area contributed by atoms with Crippen LogP contribution in [-0.4, -0.2) is 40.6 Å². The Morgan fingerprint density at radius 3 is 2.29 bits per heavy atom. The zero-order valence-corrected chi connectivity index (χ0v) is 14.5. The van der Waals surface area contributed by atoms with E-state index in [0.29, 0.717) is 23.6 Å². The average Bonchev–Trinajstić information content (AvgIpc) is 2.66. The standard InChI is InChI=1S/C9H12N2O.C8H10N2OS/c1-2-5-11-9(12)8-3-6-10-7-4-8;11-8(10-5-6-12)7-3-1-2-4-9-7/h3-4,6-7H,2,5H2,1H3,(H,11,12);1-4,12H,5-6H2,(H,10,11). The number of nitrogens with zero attached hydrogens (tertiary/aromatic N) is 2. The van der Waals surface area contributed by atoms with Crippen molar-refractivity contribution in [3.63, 3.8) is 0 Å². The van der Waals surface area contributed by atoms with Crippen LogP contribution in [-0.2, 0) is 0 Å². The van der Waals surface area contributed by atoms with Gasteiger partial charge in [-0.2, -0.15) is 12.6 Å². The van der Waals surface area contributed by atoms with E-state index in [4.69, 9.17) is 0 Å². The molecule has 2 amide bonds. The molecule has 2 aromatic rings. The number of aromatic nitrogens is 2. The Balaban J connectivity index is 0.000000240. The van der Waals surface area contributed by atoms with E-state index in [-0.39, 0.29) is 11.8 Å². The van der Waals surface area contributed by atoms with E-state index in [9.17, 15) is 9.59 Å². The average molecular weight is 346 g/mol. The molecule has 6 nitrogen and oxygen atoms in total. The van der Waals surface area contributed by atoms with Crippen LogP contribution < -0.4 is 10.6 Å². The third kappa shape index (κ3) is 7.73. The van der Waals surface area contributed by atoms with Gasteiger partial charge in [0, 0.05) is 43.0 Å². The monoisotopic (exact) mass is 346 g/mol. The van der Waals surface area contributed by atoms with Gasteiger partial charge in [-0.3, -0.25) is 19.6 Å². The Hall–Kier alpha value is -2.41. The molecule has 2 rings (SSSR count). The maximum absolute atomic E-state index is 11.3. The first-order valence-corrected chi connectivity index (χ1v) is 8.30. The zero-order valence-electron chi connectivity index (χ0n) is 13.6. The summed E-state index contributed by atoms with van der Waals surface area (Å²) in [4.78, 5) is 30.2. The summed E-state index contributed by atoms with van der Waals surface area (Å²) in [6.07, 6.45) is 5.77. The van der Waals surface area contributed by atoms with Gasteiger partial charge in [-0.1, -0.05) is 13.0 Å². The Kier molecular flexibility index (Phi) is 9.87. The number of hydrogen-bond donors (Lipinski definition) is 3. The fraction of sp³-hybridized carbons (Fsp3) is 0.294. The summed E-state index contributed by atoms with van der Waals surface area (Å²) < 4.78 is 0. The molecule has 2 aromatic heterocycles. The highest BCUT2D eigenvalue weighted by Crippen LogP contribution is 1.95. The molecule has 0 aliphatic rings. The summed E-state index contributed by atoms with van der Waals surface area (Å²) in [6, 6.07) is 8.63. The summed E-state index contributed by atoms with van der Waals surface area (Å²) in [5.74, 6) is 0.461. The number of rotatable bonds is 6. The van der Waals surface area contributed by atoms with Crippen LogP contribution in [0, 0.1) is 0 Å². The van der Waals surface area contributed by atoms with Crippen molar-refractivity contribution in [2.24, 2.45) is 0 Å². The molecule has 2 heterocycles. The molecule has 0 fully saturated rings. The fourth-order valence-electron chi connectivity index (χ4n) is 1.60. The van der Waals surface area contributed by atoms with Gasteiger partial charge >= 0.3 is 0 Å². The van der Waals surface area contributed by atoms with Crippen LogP contribution in [0.2, 0.25) is 0 Å². The van der Waals surface area contributed by atoms with Crippen molar-refractivity contribution in [2.45, 2.75) is 13.3 Å². The van der Waals surface area contributed by atoms with Crippen LogP contribution in [0.3, 0.4) is 0 Å². The summed E-state index contributed by atoms with van der Waals surface area (Å²) in [6.45, 7) is 3.31. The topological polar surface area (TPSA) is 84.0 Å². The molecule has 0 radical (unpaired) electrons. The largest absolute Gasteiger partial charge is 0.352 e. The highest BCUT2D eigenvalue weighted by molar-refractivity contribution is 7.80. The van der Waals surface area contributed by atoms with Crippen LogP contribution in [0.25, 0.3) is 0 Å². The molecule has 0 atom stereocenters. The Morgan fingerprint density at radius 1 is 1.00 bits per heavy atom. The number of nitrogens with one attached hydrogen (secondary N) is 2. The van der Waals surface area contributed by atoms with Crippen LogP contribution >= 0.6 is 12.6 Å². The van der Waals surface area contributed by atoms with Crippen molar-refractivity contribution in [2.75, 3.05) is 18.8 Å². The van der Waals surface area contributed by atoms with Gasteiger partial charge in [-0.15, -0.1) is 0 Å². The second-order valence-electron chi connectivity index (χ2n) is 4.69. The molecular weight excluding hydrogens is 324 g/mol. The number of pyridine rings is 2. The van der Waals surface area contributed by atoms with Gasteiger partial charge in [0.2, 0.25) is 0 Å². The molecule has 0 aromatic carbocycles. The number of amides is 2. The minimum absolute atomic E-state index is 0.0285. The van der Waals surface area contributed by atoms with Gasteiger partial charge in [-0.25, -0.2) is 0 Å². The van der Waals surface area contributed by atoms with Crippen molar-refractivity contribution in [1.82, 2.24) is 20.6 Å². The maximum atomic E-state index is 11.3. The van der Waals surface area contributed by atoms with E-state index in [1.807, 2.05) is 6.92 Å².